The van der Waals surface area contributed by atoms with E-state index in [1.54, 1.807) is 40.1 Å². The number of para-hydroxylation sites is 1. The molecule has 2 heterocycles. The number of hydrogen-bond acceptors (Lipinski definition) is 6. The van der Waals surface area contributed by atoms with Gasteiger partial charge in [-0.1, -0.05) is 56.1 Å². The lowest BCUT2D eigenvalue weighted by molar-refractivity contribution is -0.144. The van der Waals surface area contributed by atoms with Crippen LogP contribution in [0.3, 0.4) is 0 Å². The van der Waals surface area contributed by atoms with Gasteiger partial charge in [0.25, 0.3) is 0 Å². The molecule has 0 aliphatic carbocycles. The van der Waals surface area contributed by atoms with Gasteiger partial charge in [0.05, 0.1) is 29.1 Å². The van der Waals surface area contributed by atoms with E-state index in [4.69, 9.17) is 16.3 Å². The number of hydrogen-bond donors (Lipinski definition) is 1. The number of piperidine rings is 1. The van der Waals surface area contributed by atoms with Crippen LogP contribution in [0.25, 0.3) is 0 Å². The summed E-state index contributed by atoms with van der Waals surface area (Å²) >= 11 is 6.14. The number of esters is 1. The van der Waals surface area contributed by atoms with Crippen molar-refractivity contribution in [2.24, 2.45) is 11.3 Å². The van der Waals surface area contributed by atoms with Crippen LogP contribution in [0.1, 0.15) is 44.7 Å². The molecule has 9 nitrogen and oxygen atoms in total. The molecule has 210 valence electrons. The fraction of sp³-hybridized carbons (Fsp3) is 0.464. The number of anilines is 1. The van der Waals surface area contributed by atoms with E-state index in [-0.39, 0.29) is 22.8 Å². The number of halogens is 1. The summed E-state index contributed by atoms with van der Waals surface area (Å²) in [6.07, 6.45) is 2.58. The van der Waals surface area contributed by atoms with Gasteiger partial charge >= 0.3 is 12.0 Å². The third kappa shape index (κ3) is 5.36. The van der Waals surface area contributed by atoms with Gasteiger partial charge in [0.15, 0.2) is 9.84 Å². The van der Waals surface area contributed by atoms with Crippen LogP contribution < -0.4 is 10.2 Å². The zero-order chi connectivity index (χ0) is 28.5. The maximum Gasteiger partial charge on any atom is 0.328 e. The zero-order valence-electron chi connectivity index (χ0n) is 22.5. The van der Waals surface area contributed by atoms with Crippen molar-refractivity contribution in [1.29, 1.82) is 0 Å². The van der Waals surface area contributed by atoms with Crippen LogP contribution in [0, 0.1) is 11.3 Å². The standard InChI is InChI=1S/C28H34ClN3O6S/c1-5-18(2)23(25(33)38-3)30-27(35)31-16-14-28(15-17-31)24(19-10-12-20(29)13-11-19)32(26(28)34)21-8-6-7-9-22(21)39(4,36)37/h6-13,18,23-24H,5,14-17H2,1-4H3,(H,30,35)/t18-,23-,24?/m0/s1. The van der Waals surface area contributed by atoms with Crippen molar-refractivity contribution in [3.05, 3.63) is 59.1 Å². The molecule has 2 aromatic rings. The minimum Gasteiger partial charge on any atom is -0.467 e. The number of carbonyl (C=O) groups excluding carboxylic acids is 3. The first-order valence-electron chi connectivity index (χ1n) is 13.0. The predicted octanol–water partition coefficient (Wildman–Crippen LogP) is 4.21. The Morgan fingerprint density at radius 2 is 1.74 bits per heavy atom. The van der Waals surface area contributed by atoms with E-state index in [1.165, 1.54) is 13.2 Å². The molecule has 0 radical (unpaired) electrons. The van der Waals surface area contributed by atoms with Gasteiger partial charge in [-0.2, -0.15) is 0 Å². The van der Waals surface area contributed by atoms with Crippen molar-refractivity contribution in [3.63, 3.8) is 0 Å². The quantitative estimate of drug-likeness (QED) is 0.391. The predicted molar refractivity (Wildman–Crippen MR) is 148 cm³/mol. The Bertz CT molecular complexity index is 1360. The molecule has 3 atom stereocenters. The number of rotatable bonds is 7. The molecule has 0 aromatic heterocycles. The van der Waals surface area contributed by atoms with Crippen molar-refractivity contribution < 1.29 is 27.5 Å². The molecule has 0 bridgehead atoms. The van der Waals surface area contributed by atoms with Gasteiger partial charge in [-0.15, -0.1) is 0 Å². The average Bonchev–Trinajstić information content (AvgIpc) is 2.93. The van der Waals surface area contributed by atoms with Crippen molar-refractivity contribution in [2.75, 3.05) is 31.4 Å². The molecule has 3 amide bonds. The number of sulfone groups is 1. The Balaban J connectivity index is 1.61. The molecule has 0 saturated carbocycles. The van der Waals surface area contributed by atoms with Crippen LogP contribution in [0.5, 0.6) is 0 Å². The molecule has 1 N–H and O–H groups in total. The third-order valence-corrected chi connectivity index (χ3v) is 9.42. The number of likely N-dealkylation sites (tertiary alicyclic amines) is 1. The van der Waals surface area contributed by atoms with Gasteiger partial charge in [-0.05, 0) is 48.6 Å². The summed E-state index contributed by atoms with van der Waals surface area (Å²) in [5.41, 5.74) is 0.362. The van der Waals surface area contributed by atoms with Crippen LogP contribution in [0.2, 0.25) is 5.02 Å². The number of carbonyl (C=O) groups is 3. The van der Waals surface area contributed by atoms with E-state index in [0.717, 1.165) is 11.8 Å². The molecule has 2 fully saturated rings. The molecule has 2 aliphatic rings. The topological polar surface area (TPSA) is 113 Å². The molecule has 2 aromatic carbocycles. The minimum atomic E-state index is -3.60. The lowest BCUT2D eigenvalue weighted by Gasteiger charge is -2.59. The van der Waals surface area contributed by atoms with Crippen molar-refractivity contribution >= 4 is 45.0 Å². The maximum atomic E-state index is 13.9. The van der Waals surface area contributed by atoms with Crippen LogP contribution >= 0.6 is 11.6 Å². The van der Waals surface area contributed by atoms with E-state index in [0.29, 0.717) is 43.1 Å². The SMILES string of the molecule is CC[C@H](C)[C@H](NC(=O)N1CCC2(CC1)C(=O)N(c1ccccc1S(C)(=O)=O)C2c1ccc(Cl)cc1)C(=O)OC. The highest BCUT2D eigenvalue weighted by Crippen LogP contribution is 2.58. The highest BCUT2D eigenvalue weighted by molar-refractivity contribution is 7.90. The summed E-state index contributed by atoms with van der Waals surface area (Å²) in [7, 11) is -2.30. The summed E-state index contributed by atoms with van der Waals surface area (Å²) in [5, 5.41) is 3.36. The van der Waals surface area contributed by atoms with E-state index >= 15 is 0 Å². The van der Waals surface area contributed by atoms with Gasteiger partial charge in [-0.25, -0.2) is 18.0 Å². The van der Waals surface area contributed by atoms with Crippen molar-refractivity contribution in [3.8, 4) is 0 Å². The second kappa shape index (κ2) is 11.2. The number of nitrogens with one attached hydrogen (secondary N) is 1. The number of β-lactam (4-membered cyclic amide) rings is 1. The summed E-state index contributed by atoms with van der Waals surface area (Å²) in [5.74, 6) is -0.780. The number of methoxy groups -OCH3 is 1. The molecule has 11 heteroatoms. The van der Waals surface area contributed by atoms with E-state index in [1.807, 2.05) is 26.0 Å². The van der Waals surface area contributed by atoms with Crippen molar-refractivity contribution in [1.82, 2.24) is 10.2 Å². The van der Waals surface area contributed by atoms with Gasteiger partial charge in [0, 0.05) is 24.4 Å². The van der Waals surface area contributed by atoms with Gasteiger partial charge in [0.1, 0.15) is 6.04 Å². The molecule has 1 spiro atoms. The fourth-order valence-electron chi connectivity index (χ4n) is 5.60. The molecule has 39 heavy (non-hydrogen) atoms. The number of nitrogens with zero attached hydrogens (tertiary/aromatic N) is 2. The van der Waals surface area contributed by atoms with Crippen molar-refractivity contribution in [2.45, 2.75) is 50.1 Å². The van der Waals surface area contributed by atoms with E-state index in [2.05, 4.69) is 5.32 Å². The van der Waals surface area contributed by atoms with E-state index in [9.17, 15) is 22.8 Å². The Kier molecular flexibility index (Phi) is 8.28. The molecule has 4 rings (SSSR count). The Morgan fingerprint density at radius 3 is 2.31 bits per heavy atom. The van der Waals surface area contributed by atoms with Gasteiger partial charge < -0.3 is 19.9 Å². The summed E-state index contributed by atoms with van der Waals surface area (Å²) < 4.78 is 30.0. The molecular formula is C28H34ClN3O6S. The molecule has 2 saturated heterocycles. The Labute approximate surface area is 234 Å². The number of ether oxygens (including phenoxy) is 1. The zero-order valence-corrected chi connectivity index (χ0v) is 24.1. The lowest BCUT2D eigenvalue weighted by Crippen LogP contribution is -2.67. The fourth-order valence-corrected chi connectivity index (χ4v) is 6.60. The average molecular weight is 576 g/mol. The second-order valence-electron chi connectivity index (χ2n) is 10.3. The number of amides is 3. The molecule has 1 unspecified atom stereocenters. The van der Waals surface area contributed by atoms with Crippen LogP contribution in [-0.2, 0) is 24.2 Å². The van der Waals surface area contributed by atoms with E-state index < -0.39 is 33.3 Å². The normalized spacial score (nSPS) is 20.2. The smallest absolute Gasteiger partial charge is 0.328 e. The minimum absolute atomic E-state index is 0.0860. The maximum absolute atomic E-state index is 13.9. The number of benzene rings is 2. The molecule has 2 aliphatic heterocycles. The summed E-state index contributed by atoms with van der Waals surface area (Å²) in [4.78, 5) is 42.5. The first-order chi connectivity index (χ1) is 18.4. The van der Waals surface area contributed by atoms with Gasteiger partial charge in [-0.3, -0.25) is 4.79 Å². The first kappa shape index (κ1) is 28.9. The Hall–Kier alpha value is -3.11. The molecular weight excluding hydrogens is 542 g/mol. The number of urea groups is 1. The largest absolute Gasteiger partial charge is 0.467 e. The highest BCUT2D eigenvalue weighted by Gasteiger charge is 2.62. The highest BCUT2D eigenvalue weighted by atomic mass is 35.5. The van der Waals surface area contributed by atoms with Gasteiger partial charge in [0.2, 0.25) is 5.91 Å². The third-order valence-electron chi connectivity index (χ3n) is 8.03. The monoisotopic (exact) mass is 575 g/mol. The lowest BCUT2D eigenvalue weighted by atomic mass is 9.62. The van der Waals surface area contributed by atoms with Crippen LogP contribution in [0.4, 0.5) is 10.5 Å². The first-order valence-corrected chi connectivity index (χ1v) is 15.2. The second-order valence-corrected chi connectivity index (χ2v) is 12.8. The van der Waals surface area contributed by atoms with Crippen LogP contribution in [-0.4, -0.2) is 63.7 Å². The Morgan fingerprint density at radius 1 is 1.13 bits per heavy atom. The van der Waals surface area contributed by atoms with Crippen LogP contribution in [0.15, 0.2) is 53.4 Å². The summed E-state index contributed by atoms with van der Waals surface area (Å²) in [6.45, 7) is 4.42. The summed E-state index contributed by atoms with van der Waals surface area (Å²) in [6, 6.07) is 12.1.